The van der Waals surface area contributed by atoms with Gasteiger partial charge in [-0.2, -0.15) is 4.31 Å². The van der Waals surface area contributed by atoms with E-state index in [0.717, 1.165) is 10.2 Å². The van der Waals surface area contributed by atoms with E-state index >= 15 is 0 Å². The van der Waals surface area contributed by atoms with E-state index in [4.69, 9.17) is 4.74 Å². The number of hydrogen-bond donors (Lipinski definition) is 1. The van der Waals surface area contributed by atoms with Gasteiger partial charge in [-0.05, 0) is 44.3 Å². The molecule has 0 radical (unpaired) electrons. The average Bonchev–Trinajstić information content (AvgIpc) is 2.70. The quantitative estimate of drug-likeness (QED) is 0.660. The maximum atomic E-state index is 13.3. The minimum atomic E-state index is -3.80. The standard InChI is InChI=1S/C21H28BrN3O4S/c1-15-11-25(16(2)14-26)30(27,28)21-8-7-17(22)10-19(21)29-20(15)13-24(3)12-18-6-4-5-9-23-18/h4-10,15-16,20,26H,11-14H2,1-3H3/t15-,16+,20-/m1/s1. The molecular formula is C21H28BrN3O4S. The molecule has 164 valence electrons. The Morgan fingerprint density at radius 1 is 1.37 bits per heavy atom. The number of halogens is 1. The molecule has 0 aliphatic carbocycles. The minimum absolute atomic E-state index is 0.0907. The SMILES string of the molecule is C[C@@H]1CN([C@@H](C)CO)S(=O)(=O)c2ccc(Br)cc2O[C@@H]1CN(C)Cc1ccccn1. The lowest BCUT2D eigenvalue weighted by molar-refractivity contribution is 0.0730. The number of rotatable bonds is 6. The van der Waals surface area contributed by atoms with Crippen molar-refractivity contribution in [3.63, 3.8) is 0 Å². The fourth-order valence-corrected chi connectivity index (χ4v) is 5.72. The van der Waals surface area contributed by atoms with Crippen LogP contribution in [0.2, 0.25) is 0 Å². The Morgan fingerprint density at radius 3 is 2.80 bits per heavy atom. The molecule has 0 saturated carbocycles. The molecule has 9 heteroatoms. The highest BCUT2D eigenvalue weighted by Crippen LogP contribution is 2.35. The summed E-state index contributed by atoms with van der Waals surface area (Å²) in [6.07, 6.45) is 1.53. The monoisotopic (exact) mass is 497 g/mol. The van der Waals surface area contributed by atoms with E-state index in [1.54, 1.807) is 31.3 Å². The van der Waals surface area contributed by atoms with Crippen LogP contribution in [-0.2, 0) is 16.6 Å². The van der Waals surface area contributed by atoms with Gasteiger partial charge in [0.15, 0.2) is 0 Å². The summed E-state index contributed by atoms with van der Waals surface area (Å²) in [6, 6.07) is 10.2. The summed E-state index contributed by atoms with van der Waals surface area (Å²) in [7, 11) is -1.80. The van der Waals surface area contributed by atoms with Crippen LogP contribution in [0.4, 0.5) is 0 Å². The van der Waals surface area contributed by atoms with Crippen molar-refractivity contribution in [2.75, 3.05) is 26.7 Å². The minimum Gasteiger partial charge on any atom is -0.487 e. The molecule has 7 nitrogen and oxygen atoms in total. The third-order valence-corrected chi connectivity index (χ3v) is 7.79. The van der Waals surface area contributed by atoms with E-state index in [-0.39, 0.29) is 30.1 Å². The Kier molecular flexibility index (Phi) is 7.52. The molecule has 0 bridgehead atoms. The van der Waals surface area contributed by atoms with Gasteiger partial charge in [0.1, 0.15) is 16.7 Å². The molecule has 2 heterocycles. The van der Waals surface area contributed by atoms with E-state index in [9.17, 15) is 13.5 Å². The molecule has 3 atom stereocenters. The van der Waals surface area contributed by atoms with Gasteiger partial charge in [0.05, 0.1) is 12.3 Å². The first-order valence-corrected chi connectivity index (χ1v) is 12.1. The normalized spacial score (nSPS) is 22.6. The van der Waals surface area contributed by atoms with Crippen molar-refractivity contribution < 1.29 is 18.3 Å². The highest BCUT2D eigenvalue weighted by molar-refractivity contribution is 9.10. The highest BCUT2D eigenvalue weighted by atomic mass is 79.9. The Morgan fingerprint density at radius 2 is 2.13 bits per heavy atom. The summed E-state index contributed by atoms with van der Waals surface area (Å²) < 4.78 is 35.0. The van der Waals surface area contributed by atoms with Crippen molar-refractivity contribution in [2.45, 2.75) is 37.4 Å². The number of sulfonamides is 1. The summed E-state index contributed by atoms with van der Waals surface area (Å²) in [5, 5.41) is 9.68. The number of hydrogen-bond acceptors (Lipinski definition) is 6. The summed E-state index contributed by atoms with van der Waals surface area (Å²) in [5.74, 6) is 0.231. The Bertz CT molecular complexity index is 958. The molecule has 2 aromatic rings. The van der Waals surface area contributed by atoms with E-state index in [2.05, 4.69) is 25.8 Å². The Balaban J connectivity index is 1.92. The number of nitrogens with zero attached hydrogens (tertiary/aromatic N) is 3. The lowest BCUT2D eigenvalue weighted by atomic mass is 10.0. The van der Waals surface area contributed by atoms with Crippen LogP contribution in [0.5, 0.6) is 5.75 Å². The summed E-state index contributed by atoms with van der Waals surface area (Å²) in [5.41, 5.74) is 0.958. The number of likely N-dealkylation sites (N-methyl/N-ethyl adjacent to an activating group) is 1. The zero-order valence-corrected chi connectivity index (χ0v) is 19.8. The largest absolute Gasteiger partial charge is 0.487 e. The molecule has 1 aromatic carbocycles. The zero-order chi connectivity index (χ0) is 21.9. The molecule has 1 aromatic heterocycles. The van der Waals surface area contributed by atoms with E-state index in [1.807, 2.05) is 32.2 Å². The molecule has 3 rings (SSSR count). The summed E-state index contributed by atoms with van der Waals surface area (Å²) in [6.45, 7) is 4.98. The van der Waals surface area contributed by atoms with Crippen LogP contribution in [0.15, 0.2) is 52.0 Å². The van der Waals surface area contributed by atoms with Crippen molar-refractivity contribution in [3.8, 4) is 5.75 Å². The second-order valence-corrected chi connectivity index (χ2v) is 10.6. The highest BCUT2D eigenvalue weighted by Gasteiger charge is 2.38. The van der Waals surface area contributed by atoms with Crippen molar-refractivity contribution in [3.05, 3.63) is 52.8 Å². The van der Waals surface area contributed by atoms with Crippen molar-refractivity contribution in [2.24, 2.45) is 5.92 Å². The average molecular weight is 498 g/mol. The number of aliphatic hydroxyl groups is 1. The van der Waals surface area contributed by atoms with Crippen LogP contribution in [0.1, 0.15) is 19.5 Å². The topological polar surface area (TPSA) is 83.0 Å². The van der Waals surface area contributed by atoms with Gasteiger partial charge in [-0.15, -0.1) is 0 Å². The number of aromatic nitrogens is 1. The van der Waals surface area contributed by atoms with Gasteiger partial charge in [-0.3, -0.25) is 9.88 Å². The van der Waals surface area contributed by atoms with Crippen LogP contribution in [0.25, 0.3) is 0 Å². The number of aliphatic hydroxyl groups excluding tert-OH is 1. The molecule has 0 amide bonds. The predicted molar refractivity (Wildman–Crippen MR) is 119 cm³/mol. The van der Waals surface area contributed by atoms with Crippen LogP contribution < -0.4 is 4.74 Å². The zero-order valence-electron chi connectivity index (χ0n) is 17.4. The molecule has 30 heavy (non-hydrogen) atoms. The maximum absolute atomic E-state index is 13.3. The van der Waals surface area contributed by atoms with E-state index in [0.29, 0.717) is 18.8 Å². The fraction of sp³-hybridized carbons (Fsp3) is 0.476. The Labute approximate surface area is 186 Å². The first kappa shape index (κ1) is 23.1. The van der Waals surface area contributed by atoms with Crippen molar-refractivity contribution >= 4 is 26.0 Å². The van der Waals surface area contributed by atoms with E-state index in [1.165, 1.54) is 4.31 Å². The molecule has 1 N–H and O–H groups in total. The maximum Gasteiger partial charge on any atom is 0.247 e. The molecule has 1 aliphatic rings. The fourth-order valence-electron chi connectivity index (χ4n) is 3.56. The lowest BCUT2D eigenvalue weighted by Gasteiger charge is -2.37. The van der Waals surface area contributed by atoms with Crippen LogP contribution in [-0.4, -0.2) is 66.6 Å². The third kappa shape index (κ3) is 5.20. The van der Waals surface area contributed by atoms with Gasteiger partial charge in [-0.1, -0.05) is 28.9 Å². The van der Waals surface area contributed by atoms with Gasteiger partial charge in [0.25, 0.3) is 0 Å². The van der Waals surface area contributed by atoms with Crippen LogP contribution in [0, 0.1) is 5.92 Å². The second-order valence-electron chi connectivity index (χ2n) is 7.85. The van der Waals surface area contributed by atoms with Crippen LogP contribution in [0.3, 0.4) is 0 Å². The van der Waals surface area contributed by atoms with Gasteiger partial charge in [-0.25, -0.2) is 8.42 Å². The molecule has 0 saturated heterocycles. The van der Waals surface area contributed by atoms with Gasteiger partial charge >= 0.3 is 0 Å². The van der Waals surface area contributed by atoms with Gasteiger partial charge in [0, 0.05) is 42.3 Å². The molecule has 0 fully saturated rings. The van der Waals surface area contributed by atoms with Crippen molar-refractivity contribution in [1.29, 1.82) is 0 Å². The Hall–Kier alpha value is -1.52. The van der Waals surface area contributed by atoms with Crippen molar-refractivity contribution in [1.82, 2.24) is 14.2 Å². The molecule has 0 unspecified atom stereocenters. The molecule has 1 aliphatic heterocycles. The first-order chi connectivity index (χ1) is 14.2. The van der Waals surface area contributed by atoms with Crippen LogP contribution >= 0.6 is 15.9 Å². The summed E-state index contributed by atoms with van der Waals surface area (Å²) in [4.78, 5) is 6.62. The number of pyridine rings is 1. The second kappa shape index (κ2) is 9.74. The number of benzene rings is 1. The van der Waals surface area contributed by atoms with Gasteiger partial charge in [0.2, 0.25) is 10.0 Å². The third-order valence-electron chi connectivity index (χ3n) is 5.28. The smallest absolute Gasteiger partial charge is 0.247 e. The van der Waals surface area contributed by atoms with E-state index < -0.39 is 16.1 Å². The first-order valence-electron chi connectivity index (χ1n) is 9.89. The lowest BCUT2D eigenvalue weighted by Crippen LogP contribution is -2.49. The predicted octanol–water partition coefficient (Wildman–Crippen LogP) is 2.74. The number of ether oxygens (including phenoxy) is 1. The number of fused-ring (bicyclic) bond motifs is 1. The summed E-state index contributed by atoms with van der Waals surface area (Å²) >= 11 is 3.41. The molecule has 0 spiro atoms. The van der Waals surface area contributed by atoms with Gasteiger partial charge < -0.3 is 9.84 Å². The molecular weight excluding hydrogens is 470 g/mol.